The minimum Gasteiger partial charge on any atom is -0.294 e. The van der Waals surface area contributed by atoms with Gasteiger partial charge in [0.15, 0.2) is 11.6 Å². The van der Waals surface area contributed by atoms with Crippen molar-refractivity contribution < 1.29 is 9.59 Å². The highest BCUT2D eigenvalue weighted by atomic mass is 16.2. The second-order valence-corrected chi connectivity index (χ2v) is 6.21. The molecule has 2 heteroatoms. The fraction of sp³-hybridized carbons (Fsp3) is 0.714. The maximum atomic E-state index is 12.1. The fourth-order valence-corrected chi connectivity index (χ4v) is 2.80. The molecule has 0 aliphatic heterocycles. The summed E-state index contributed by atoms with van der Waals surface area (Å²) in [6.07, 6.45) is 5.67. The molecule has 0 heterocycles. The third-order valence-corrected chi connectivity index (χ3v) is 3.52. The highest BCUT2D eigenvalue weighted by molar-refractivity contribution is 6.23. The lowest BCUT2D eigenvalue weighted by Gasteiger charge is -2.34. The van der Waals surface area contributed by atoms with Crippen molar-refractivity contribution >= 4 is 11.6 Å². The van der Waals surface area contributed by atoms with Crippen molar-refractivity contribution in [2.24, 2.45) is 17.3 Å². The number of fused-ring (bicyclic) bond motifs is 2. The van der Waals surface area contributed by atoms with E-state index >= 15 is 0 Å². The summed E-state index contributed by atoms with van der Waals surface area (Å²) in [6.45, 7) is 6.10. The molecule has 2 fully saturated rings. The van der Waals surface area contributed by atoms with Crippen LogP contribution in [-0.2, 0) is 9.59 Å². The van der Waals surface area contributed by atoms with Gasteiger partial charge in [-0.25, -0.2) is 0 Å². The Hall–Kier alpha value is -0.920. The second-order valence-electron chi connectivity index (χ2n) is 6.21. The molecular weight excluding hydrogens is 200 g/mol. The minimum absolute atomic E-state index is 0.0910. The fourth-order valence-electron chi connectivity index (χ4n) is 2.80. The maximum absolute atomic E-state index is 12.1. The molecule has 2 saturated carbocycles. The van der Waals surface area contributed by atoms with E-state index in [1.165, 1.54) is 0 Å². The van der Waals surface area contributed by atoms with Gasteiger partial charge in [-0.2, -0.15) is 0 Å². The van der Waals surface area contributed by atoms with E-state index in [2.05, 4.69) is 0 Å². The van der Waals surface area contributed by atoms with Crippen LogP contribution in [0, 0.1) is 17.3 Å². The molecule has 0 spiro atoms. The minimum atomic E-state index is -0.0910. The molecule has 2 atom stereocenters. The number of carbonyl (C=O) groups is 2. The first kappa shape index (κ1) is 11.6. The average molecular weight is 220 g/mol. The summed E-state index contributed by atoms with van der Waals surface area (Å²) in [5, 5.41) is 0. The van der Waals surface area contributed by atoms with Crippen molar-refractivity contribution in [3.05, 3.63) is 11.6 Å². The SMILES string of the molecule is CC(C)(C)C=C1C(=O)C2CCCC(C2)C1=O. The molecule has 0 aromatic carbocycles. The van der Waals surface area contributed by atoms with E-state index in [4.69, 9.17) is 0 Å². The van der Waals surface area contributed by atoms with Crippen LogP contribution in [-0.4, -0.2) is 11.6 Å². The zero-order valence-electron chi connectivity index (χ0n) is 10.4. The lowest BCUT2D eigenvalue weighted by molar-refractivity contribution is -0.131. The zero-order valence-corrected chi connectivity index (χ0v) is 10.4. The number of hydrogen-bond donors (Lipinski definition) is 0. The Morgan fingerprint density at radius 2 is 1.56 bits per heavy atom. The summed E-state index contributed by atoms with van der Waals surface area (Å²) in [5.74, 6) is 0.474. The molecule has 2 unspecified atom stereocenters. The van der Waals surface area contributed by atoms with E-state index in [0.717, 1.165) is 25.7 Å². The lowest BCUT2D eigenvalue weighted by Crippen LogP contribution is -2.38. The van der Waals surface area contributed by atoms with Gasteiger partial charge in [0.2, 0.25) is 0 Å². The summed E-state index contributed by atoms with van der Waals surface area (Å²) in [5.41, 5.74) is 0.403. The van der Waals surface area contributed by atoms with Gasteiger partial charge < -0.3 is 0 Å². The third kappa shape index (κ3) is 2.11. The Labute approximate surface area is 97.1 Å². The molecule has 0 aromatic heterocycles. The predicted molar refractivity (Wildman–Crippen MR) is 63.0 cm³/mol. The van der Waals surface area contributed by atoms with Crippen LogP contribution in [0.1, 0.15) is 46.5 Å². The molecular formula is C14H20O2. The summed E-state index contributed by atoms with van der Waals surface area (Å²) in [4.78, 5) is 24.3. The summed E-state index contributed by atoms with van der Waals surface area (Å²) < 4.78 is 0. The quantitative estimate of drug-likeness (QED) is 0.464. The first-order valence-electron chi connectivity index (χ1n) is 6.20. The van der Waals surface area contributed by atoms with E-state index in [-0.39, 0.29) is 28.8 Å². The van der Waals surface area contributed by atoms with Crippen LogP contribution in [0.15, 0.2) is 11.6 Å². The van der Waals surface area contributed by atoms with E-state index in [1.54, 1.807) is 0 Å². The van der Waals surface area contributed by atoms with E-state index in [0.29, 0.717) is 5.57 Å². The first-order valence-corrected chi connectivity index (χ1v) is 6.20. The summed E-state index contributed by atoms with van der Waals surface area (Å²) in [7, 11) is 0. The molecule has 2 bridgehead atoms. The number of ketones is 2. The van der Waals surface area contributed by atoms with Crippen LogP contribution < -0.4 is 0 Å². The van der Waals surface area contributed by atoms with Crippen molar-refractivity contribution in [2.75, 3.05) is 0 Å². The van der Waals surface area contributed by atoms with Gasteiger partial charge in [0, 0.05) is 11.8 Å². The van der Waals surface area contributed by atoms with Crippen molar-refractivity contribution in [3.63, 3.8) is 0 Å². The van der Waals surface area contributed by atoms with Crippen LogP contribution in [0.2, 0.25) is 0 Å². The molecule has 2 rings (SSSR count). The molecule has 88 valence electrons. The number of Topliss-reactive ketones (excluding diaryl/α,β-unsaturated/α-hetero) is 2. The largest absolute Gasteiger partial charge is 0.294 e. The molecule has 16 heavy (non-hydrogen) atoms. The molecule has 0 radical (unpaired) electrons. The van der Waals surface area contributed by atoms with Gasteiger partial charge in [-0.1, -0.05) is 33.3 Å². The van der Waals surface area contributed by atoms with Crippen molar-refractivity contribution in [1.29, 1.82) is 0 Å². The van der Waals surface area contributed by atoms with E-state index in [9.17, 15) is 9.59 Å². The van der Waals surface area contributed by atoms with Crippen LogP contribution >= 0.6 is 0 Å². The molecule has 0 amide bonds. The smallest absolute Gasteiger partial charge is 0.169 e. The Morgan fingerprint density at radius 3 is 2.00 bits per heavy atom. The summed E-state index contributed by atoms with van der Waals surface area (Å²) in [6, 6.07) is 0. The molecule has 2 aliphatic rings. The van der Waals surface area contributed by atoms with Gasteiger partial charge in [0.25, 0.3) is 0 Å². The lowest BCUT2D eigenvalue weighted by atomic mass is 9.68. The standard InChI is InChI=1S/C14H20O2/c1-14(2,3)8-11-12(15)9-5-4-6-10(7-9)13(11)16/h8-10H,4-7H2,1-3H3. The molecule has 0 aromatic rings. The van der Waals surface area contributed by atoms with E-state index < -0.39 is 0 Å². The molecule has 2 nitrogen and oxygen atoms in total. The highest BCUT2D eigenvalue weighted by Gasteiger charge is 2.41. The van der Waals surface area contributed by atoms with Crippen LogP contribution in [0.4, 0.5) is 0 Å². The topological polar surface area (TPSA) is 34.1 Å². The molecule has 0 saturated heterocycles. The van der Waals surface area contributed by atoms with Crippen molar-refractivity contribution in [2.45, 2.75) is 46.5 Å². The van der Waals surface area contributed by atoms with Gasteiger partial charge in [-0.05, 0) is 24.7 Å². The van der Waals surface area contributed by atoms with E-state index in [1.807, 2.05) is 26.8 Å². The molecule has 2 aliphatic carbocycles. The van der Waals surface area contributed by atoms with Gasteiger partial charge in [-0.3, -0.25) is 9.59 Å². The second kappa shape index (κ2) is 3.83. The van der Waals surface area contributed by atoms with Crippen molar-refractivity contribution in [1.82, 2.24) is 0 Å². The monoisotopic (exact) mass is 220 g/mol. The number of hydrogen-bond acceptors (Lipinski definition) is 2. The Bertz CT molecular complexity index is 333. The van der Waals surface area contributed by atoms with Crippen LogP contribution in [0.25, 0.3) is 0 Å². The summed E-state index contributed by atoms with van der Waals surface area (Å²) >= 11 is 0. The first-order chi connectivity index (χ1) is 7.38. The highest BCUT2D eigenvalue weighted by Crippen LogP contribution is 2.39. The van der Waals surface area contributed by atoms with Crippen LogP contribution in [0.3, 0.4) is 0 Å². The van der Waals surface area contributed by atoms with Gasteiger partial charge in [0.1, 0.15) is 0 Å². The maximum Gasteiger partial charge on any atom is 0.169 e. The average Bonchev–Trinajstić information content (AvgIpc) is 2.21. The zero-order chi connectivity index (χ0) is 11.9. The Balaban J connectivity index is 2.34. The third-order valence-electron chi connectivity index (χ3n) is 3.52. The number of carbonyl (C=O) groups excluding carboxylic acids is 2. The van der Waals surface area contributed by atoms with Gasteiger partial charge in [0.05, 0.1) is 5.57 Å². The van der Waals surface area contributed by atoms with Gasteiger partial charge in [-0.15, -0.1) is 0 Å². The molecule has 0 N–H and O–H groups in total. The van der Waals surface area contributed by atoms with Gasteiger partial charge >= 0.3 is 0 Å². The number of allylic oxidation sites excluding steroid dienone is 2. The predicted octanol–water partition coefficient (Wildman–Crippen LogP) is 2.92. The Morgan fingerprint density at radius 1 is 1.06 bits per heavy atom. The Kier molecular flexibility index (Phi) is 2.77. The van der Waals surface area contributed by atoms with Crippen LogP contribution in [0.5, 0.6) is 0 Å². The number of rotatable bonds is 0. The van der Waals surface area contributed by atoms with Crippen molar-refractivity contribution in [3.8, 4) is 0 Å². The normalized spacial score (nSPS) is 30.6.